The maximum absolute atomic E-state index is 5.81. The van der Waals surface area contributed by atoms with Crippen molar-refractivity contribution < 1.29 is 4.74 Å². The van der Waals surface area contributed by atoms with Crippen LogP contribution in [0.25, 0.3) is 11.2 Å². The summed E-state index contributed by atoms with van der Waals surface area (Å²) in [5, 5.41) is 0. The number of hydrogen-bond donors (Lipinski definition) is 2. The number of anilines is 1. The van der Waals surface area contributed by atoms with E-state index in [2.05, 4.69) is 26.8 Å². The molecule has 1 atom stereocenters. The first-order valence-electron chi connectivity index (χ1n) is 8.06. The first-order valence-corrected chi connectivity index (χ1v) is 8.06. The molecule has 1 unspecified atom stereocenters. The molecule has 23 heavy (non-hydrogen) atoms. The lowest BCUT2D eigenvalue weighted by molar-refractivity contribution is 0.0563. The third-order valence-corrected chi connectivity index (χ3v) is 4.04. The first-order chi connectivity index (χ1) is 11.2. The molecule has 0 fully saturated rings. The number of likely N-dealkylation sites (N-methyl/N-ethyl adjacent to an activating group) is 1. The molecule has 2 aromatic heterocycles. The molecular formula is C15H27N7O. The molecule has 128 valence electrons. The van der Waals surface area contributed by atoms with Crippen molar-refractivity contribution in [2.45, 2.75) is 32.4 Å². The van der Waals surface area contributed by atoms with Gasteiger partial charge in [0.2, 0.25) is 0 Å². The Morgan fingerprint density at radius 3 is 2.87 bits per heavy atom. The third-order valence-electron chi connectivity index (χ3n) is 4.04. The van der Waals surface area contributed by atoms with Gasteiger partial charge in [-0.2, -0.15) is 0 Å². The molecule has 0 aliphatic rings. The van der Waals surface area contributed by atoms with Gasteiger partial charge in [0.1, 0.15) is 11.8 Å². The van der Waals surface area contributed by atoms with Gasteiger partial charge in [0, 0.05) is 20.2 Å². The second-order valence-electron chi connectivity index (χ2n) is 5.55. The highest BCUT2D eigenvalue weighted by molar-refractivity contribution is 5.80. The van der Waals surface area contributed by atoms with E-state index in [1.165, 1.54) is 6.33 Å². The molecule has 0 aliphatic carbocycles. The number of imidazole rings is 1. The standard InChI is InChI=1S/C15H27N7O/c1-3-21(7-4-6-16)9-12(23-2)5-8-22-11-20-13-14(17)18-10-19-15(13)22/h10-12H,3-9,16H2,1-2H3,(H2,17,18,19). The van der Waals surface area contributed by atoms with Crippen LogP contribution in [0.1, 0.15) is 19.8 Å². The van der Waals surface area contributed by atoms with Crippen LogP contribution in [0.15, 0.2) is 12.7 Å². The van der Waals surface area contributed by atoms with Crippen LogP contribution < -0.4 is 11.5 Å². The quantitative estimate of drug-likeness (QED) is 0.655. The molecule has 2 rings (SSSR count). The topological polar surface area (TPSA) is 108 Å². The van der Waals surface area contributed by atoms with Crippen LogP contribution in [-0.4, -0.2) is 63.8 Å². The molecule has 4 N–H and O–H groups in total. The van der Waals surface area contributed by atoms with E-state index < -0.39 is 0 Å². The molecule has 0 aliphatic heterocycles. The number of aromatic nitrogens is 4. The van der Waals surface area contributed by atoms with Crippen LogP contribution in [0, 0.1) is 0 Å². The van der Waals surface area contributed by atoms with Crippen LogP contribution in [-0.2, 0) is 11.3 Å². The predicted molar refractivity (Wildman–Crippen MR) is 90.9 cm³/mol. The molecule has 0 bridgehead atoms. The summed E-state index contributed by atoms with van der Waals surface area (Å²) in [5.41, 5.74) is 12.8. The van der Waals surface area contributed by atoms with Crippen molar-refractivity contribution in [1.29, 1.82) is 0 Å². The summed E-state index contributed by atoms with van der Waals surface area (Å²) in [6.07, 6.45) is 5.27. The van der Waals surface area contributed by atoms with Crippen molar-refractivity contribution >= 4 is 17.0 Å². The average Bonchev–Trinajstić information content (AvgIpc) is 2.99. The summed E-state index contributed by atoms with van der Waals surface area (Å²) in [4.78, 5) is 14.9. The maximum Gasteiger partial charge on any atom is 0.165 e. The van der Waals surface area contributed by atoms with Crippen LogP contribution in [0.4, 0.5) is 5.82 Å². The minimum absolute atomic E-state index is 0.157. The number of methoxy groups -OCH3 is 1. The van der Waals surface area contributed by atoms with E-state index >= 15 is 0 Å². The number of hydrogen-bond acceptors (Lipinski definition) is 7. The fourth-order valence-corrected chi connectivity index (χ4v) is 2.61. The minimum atomic E-state index is 0.157. The van der Waals surface area contributed by atoms with Gasteiger partial charge in [-0.1, -0.05) is 6.92 Å². The number of nitrogen functional groups attached to an aromatic ring is 1. The zero-order valence-electron chi connectivity index (χ0n) is 14.0. The molecule has 2 aromatic rings. The van der Waals surface area contributed by atoms with Crippen molar-refractivity contribution in [2.75, 3.05) is 39.0 Å². The zero-order valence-corrected chi connectivity index (χ0v) is 14.0. The van der Waals surface area contributed by atoms with Crippen LogP contribution in [0.5, 0.6) is 0 Å². The van der Waals surface area contributed by atoms with Crippen LogP contribution in [0.3, 0.4) is 0 Å². The number of fused-ring (bicyclic) bond motifs is 1. The normalized spacial score (nSPS) is 13.0. The summed E-state index contributed by atoms with van der Waals surface area (Å²) < 4.78 is 7.63. The zero-order chi connectivity index (χ0) is 16.7. The Labute approximate surface area is 136 Å². The van der Waals surface area contributed by atoms with Gasteiger partial charge < -0.3 is 25.7 Å². The molecule has 0 amide bonds. The van der Waals surface area contributed by atoms with Gasteiger partial charge >= 0.3 is 0 Å². The SMILES string of the molecule is CCN(CCCN)CC(CCn1cnc2c(N)ncnc21)OC. The minimum Gasteiger partial charge on any atom is -0.382 e. The number of nitrogens with zero attached hydrogens (tertiary/aromatic N) is 5. The van der Waals surface area contributed by atoms with Crippen molar-refractivity contribution in [2.24, 2.45) is 5.73 Å². The number of nitrogens with two attached hydrogens (primary N) is 2. The second-order valence-corrected chi connectivity index (χ2v) is 5.55. The number of ether oxygens (including phenoxy) is 1. The molecule has 0 radical (unpaired) electrons. The van der Waals surface area contributed by atoms with Crippen LogP contribution in [0.2, 0.25) is 0 Å². The van der Waals surface area contributed by atoms with E-state index in [0.29, 0.717) is 11.3 Å². The summed E-state index contributed by atoms with van der Waals surface area (Å²) in [6.45, 7) is 6.56. The van der Waals surface area contributed by atoms with Crippen molar-refractivity contribution in [3.63, 3.8) is 0 Å². The largest absolute Gasteiger partial charge is 0.382 e. The smallest absolute Gasteiger partial charge is 0.165 e. The van der Waals surface area contributed by atoms with Gasteiger partial charge in [-0.3, -0.25) is 0 Å². The molecule has 8 nitrogen and oxygen atoms in total. The molecular weight excluding hydrogens is 294 g/mol. The summed E-state index contributed by atoms with van der Waals surface area (Å²) in [5.74, 6) is 0.413. The predicted octanol–water partition coefficient (Wildman–Crippen LogP) is 0.484. The van der Waals surface area contributed by atoms with E-state index in [-0.39, 0.29) is 6.10 Å². The highest BCUT2D eigenvalue weighted by Gasteiger charge is 2.14. The van der Waals surface area contributed by atoms with E-state index in [9.17, 15) is 0 Å². The number of rotatable bonds is 10. The number of aryl methyl sites for hydroxylation is 1. The van der Waals surface area contributed by atoms with Gasteiger partial charge in [0.05, 0.1) is 12.4 Å². The summed E-state index contributed by atoms with van der Waals surface area (Å²) in [6, 6.07) is 0. The maximum atomic E-state index is 5.81. The Hall–Kier alpha value is -1.77. The van der Waals surface area contributed by atoms with Crippen molar-refractivity contribution in [3.05, 3.63) is 12.7 Å². The van der Waals surface area contributed by atoms with Gasteiger partial charge in [0.25, 0.3) is 0 Å². The average molecular weight is 321 g/mol. The lowest BCUT2D eigenvalue weighted by atomic mass is 10.2. The first kappa shape index (κ1) is 17.6. The van der Waals surface area contributed by atoms with Gasteiger partial charge in [-0.25, -0.2) is 15.0 Å². The highest BCUT2D eigenvalue weighted by Crippen LogP contribution is 2.15. The third kappa shape index (κ3) is 4.60. The Morgan fingerprint density at radius 1 is 1.35 bits per heavy atom. The highest BCUT2D eigenvalue weighted by atomic mass is 16.5. The lowest BCUT2D eigenvalue weighted by Crippen LogP contribution is -2.35. The lowest BCUT2D eigenvalue weighted by Gasteiger charge is -2.25. The van der Waals surface area contributed by atoms with Gasteiger partial charge in [-0.05, 0) is 32.5 Å². The Morgan fingerprint density at radius 2 is 2.17 bits per heavy atom. The fraction of sp³-hybridized carbons (Fsp3) is 0.667. The Balaban J connectivity index is 1.95. The van der Waals surface area contributed by atoms with Gasteiger partial charge in [-0.15, -0.1) is 0 Å². The van der Waals surface area contributed by atoms with E-state index in [1.807, 2.05) is 4.57 Å². The van der Waals surface area contributed by atoms with Crippen molar-refractivity contribution in [1.82, 2.24) is 24.4 Å². The molecule has 0 spiro atoms. The Kier molecular flexibility index (Phi) is 6.69. The van der Waals surface area contributed by atoms with E-state index in [4.69, 9.17) is 16.2 Å². The van der Waals surface area contributed by atoms with Gasteiger partial charge in [0.15, 0.2) is 11.5 Å². The molecule has 8 heteroatoms. The molecule has 0 saturated heterocycles. The Bertz CT molecular complexity index is 601. The van der Waals surface area contributed by atoms with E-state index in [0.717, 1.165) is 51.2 Å². The molecule has 2 heterocycles. The molecule has 0 aromatic carbocycles. The monoisotopic (exact) mass is 321 g/mol. The van der Waals surface area contributed by atoms with Crippen LogP contribution >= 0.6 is 0 Å². The summed E-state index contributed by atoms with van der Waals surface area (Å²) >= 11 is 0. The van der Waals surface area contributed by atoms with Crippen molar-refractivity contribution in [3.8, 4) is 0 Å². The summed E-state index contributed by atoms with van der Waals surface area (Å²) in [7, 11) is 1.76. The fourth-order valence-electron chi connectivity index (χ4n) is 2.61. The second kappa shape index (κ2) is 8.76. The van der Waals surface area contributed by atoms with E-state index in [1.54, 1.807) is 13.4 Å². The molecule has 0 saturated carbocycles.